The van der Waals surface area contributed by atoms with Crippen molar-refractivity contribution in [3.63, 3.8) is 0 Å². The number of aromatic nitrogens is 2. The van der Waals surface area contributed by atoms with Crippen LogP contribution < -0.4 is 9.80 Å². The molecule has 1 aromatic heterocycles. The largest absolute Gasteiger partial charge is 0.363 e. The molecule has 5 rings (SSSR count). The summed E-state index contributed by atoms with van der Waals surface area (Å²) in [6.07, 6.45) is 8.33. The number of carbonyl (C=O) groups is 1. The molecule has 0 radical (unpaired) electrons. The second-order valence-electron chi connectivity index (χ2n) is 9.45. The van der Waals surface area contributed by atoms with Gasteiger partial charge >= 0.3 is 0 Å². The van der Waals surface area contributed by atoms with E-state index in [1.165, 1.54) is 31.4 Å². The Bertz CT molecular complexity index is 966. The lowest BCUT2D eigenvalue weighted by Crippen LogP contribution is -2.55. The number of benzene rings is 1. The number of ether oxygens (including phenoxy) is 1. The Kier molecular flexibility index (Phi) is 6.55. The quantitative estimate of drug-likeness (QED) is 0.707. The molecule has 176 valence electrons. The molecule has 3 aliphatic rings. The molecule has 1 aromatic carbocycles. The molecule has 4 heterocycles. The third-order valence-electron chi connectivity index (χ3n) is 7.10. The summed E-state index contributed by atoms with van der Waals surface area (Å²) in [5.74, 6) is 0.481. The van der Waals surface area contributed by atoms with Crippen LogP contribution >= 0.6 is 0 Å². The van der Waals surface area contributed by atoms with E-state index in [2.05, 4.69) is 14.8 Å². The fourth-order valence-corrected chi connectivity index (χ4v) is 5.20. The normalized spacial score (nSPS) is 24.8. The van der Waals surface area contributed by atoms with Crippen molar-refractivity contribution in [1.82, 2.24) is 14.9 Å². The van der Waals surface area contributed by atoms with Gasteiger partial charge in [0.2, 0.25) is 5.95 Å². The summed E-state index contributed by atoms with van der Waals surface area (Å²) < 4.78 is 19.5. The molecule has 7 nitrogen and oxygen atoms in total. The Labute approximate surface area is 194 Å². The van der Waals surface area contributed by atoms with Crippen molar-refractivity contribution in [2.24, 2.45) is 0 Å². The Morgan fingerprint density at radius 1 is 0.970 bits per heavy atom. The van der Waals surface area contributed by atoms with Crippen molar-refractivity contribution in [2.75, 3.05) is 49.1 Å². The maximum absolute atomic E-state index is 13.4. The number of anilines is 2. The molecule has 0 unspecified atom stereocenters. The summed E-state index contributed by atoms with van der Waals surface area (Å²) in [7, 11) is 0. The molecule has 8 heteroatoms. The molecule has 1 amide bonds. The molecule has 33 heavy (non-hydrogen) atoms. The maximum atomic E-state index is 13.4. The monoisotopic (exact) mass is 453 g/mol. The molecule has 0 bridgehead atoms. The zero-order valence-electron chi connectivity index (χ0n) is 19.1. The molecular weight excluding hydrogens is 421 g/mol. The third kappa shape index (κ3) is 5.17. The van der Waals surface area contributed by atoms with E-state index in [1.807, 2.05) is 12.3 Å². The average Bonchev–Trinajstić information content (AvgIpc) is 3.04. The van der Waals surface area contributed by atoms with E-state index in [4.69, 9.17) is 9.72 Å². The lowest BCUT2D eigenvalue weighted by Gasteiger charge is -2.42. The van der Waals surface area contributed by atoms with Gasteiger partial charge in [-0.2, -0.15) is 0 Å². The van der Waals surface area contributed by atoms with Gasteiger partial charge in [0.1, 0.15) is 12.4 Å². The number of piperidine rings is 1. The average molecular weight is 454 g/mol. The minimum Gasteiger partial charge on any atom is -0.363 e. The molecule has 1 spiro atoms. The van der Waals surface area contributed by atoms with Crippen LogP contribution in [0.2, 0.25) is 0 Å². The summed E-state index contributed by atoms with van der Waals surface area (Å²) in [5.41, 5.74) is 1.42. The summed E-state index contributed by atoms with van der Waals surface area (Å²) in [5, 5.41) is 0. The Morgan fingerprint density at radius 3 is 2.61 bits per heavy atom. The van der Waals surface area contributed by atoms with Crippen LogP contribution in [0.25, 0.3) is 0 Å². The van der Waals surface area contributed by atoms with Crippen LogP contribution in [0.15, 0.2) is 36.5 Å². The molecule has 0 N–H and O–H groups in total. The minimum absolute atomic E-state index is 0.0698. The van der Waals surface area contributed by atoms with Crippen LogP contribution in [0.4, 0.5) is 16.0 Å². The summed E-state index contributed by atoms with van der Waals surface area (Å²) in [6, 6.07) is 8.16. The highest BCUT2D eigenvalue weighted by Gasteiger charge is 2.41. The number of likely N-dealkylation sites (tertiary alicyclic amines) is 1. The lowest BCUT2D eigenvalue weighted by molar-refractivity contribution is -0.140. The van der Waals surface area contributed by atoms with Crippen molar-refractivity contribution in [1.29, 1.82) is 0 Å². The Hall–Kier alpha value is -2.58. The summed E-state index contributed by atoms with van der Waals surface area (Å²) in [4.78, 5) is 28.4. The first-order valence-corrected chi connectivity index (χ1v) is 12.1. The van der Waals surface area contributed by atoms with E-state index in [-0.39, 0.29) is 23.9 Å². The predicted octanol–water partition coefficient (Wildman–Crippen LogP) is 3.39. The highest BCUT2D eigenvalue weighted by Crippen LogP contribution is 2.33. The van der Waals surface area contributed by atoms with Gasteiger partial charge in [0, 0.05) is 38.1 Å². The van der Waals surface area contributed by atoms with Crippen LogP contribution in [0.1, 0.15) is 44.2 Å². The van der Waals surface area contributed by atoms with Crippen LogP contribution in [0.3, 0.4) is 0 Å². The lowest BCUT2D eigenvalue weighted by atomic mass is 9.92. The zero-order chi connectivity index (χ0) is 22.7. The fraction of sp³-hybridized carbons (Fsp3) is 0.560. The molecule has 3 fully saturated rings. The number of amides is 1. The second kappa shape index (κ2) is 9.73. The van der Waals surface area contributed by atoms with E-state index in [0.717, 1.165) is 69.3 Å². The fourth-order valence-electron chi connectivity index (χ4n) is 5.20. The molecule has 3 saturated heterocycles. The third-order valence-corrected chi connectivity index (χ3v) is 7.10. The van der Waals surface area contributed by atoms with Crippen molar-refractivity contribution < 1.29 is 13.9 Å². The van der Waals surface area contributed by atoms with E-state index in [0.29, 0.717) is 6.54 Å². The Balaban J connectivity index is 1.23. The van der Waals surface area contributed by atoms with Gasteiger partial charge in [-0.25, -0.2) is 14.4 Å². The van der Waals surface area contributed by atoms with Crippen LogP contribution in [0.5, 0.6) is 0 Å². The first-order chi connectivity index (χ1) is 16.1. The van der Waals surface area contributed by atoms with Crippen LogP contribution in [-0.4, -0.2) is 65.7 Å². The molecule has 1 atom stereocenters. The first kappa shape index (κ1) is 22.2. The predicted molar refractivity (Wildman–Crippen MR) is 125 cm³/mol. The maximum Gasteiger partial charge on any atom is 0.253 e. The van der Waals surface area contributed by atoms with Crippen LogP contribution in [0, 0.1) is 5.82 Å². The van der Waals surface area contributed by atoms with Gasteiger partial charge in [0.15, 0.2) is 0 Å². The number of morpholine rings is 1. The van der Waals surface area contributed by atoms with Gasteiger partial charge in [-0.1, -0.05) is 0 Å². The standard InChI is InChI=1S/C25H32FN5O2/c26-20-5-7-22(8-6-20)31-19-25(33-18-23(31)32)10-4-13-29(16-11-25)17-21-9-12-27-24(28-21)30-14-2-1-3-15-30/h5-9,12H,1-4,10-11,13-19H2/t25-/m1/s1. The highest BCUT2D eigenvalue weighted by molar-refractivity contribution is 5.95. The van der Waals surface area contributed by atoms with E-state index >= 15 is 0 Å². The van der Waals surface area contributed by atoms with Crippen molar-refractivity contribution in [2.45, 2.75) is 50.7 Å². The molecule has 2 aromatic rings. The van der Waals surface area contributed by atoms with E-state index < -0.39 is 0 Å². The van der Waals surface area contributed by atoms with Crippen LogP contribution in [-0.2, 0) is 16.1 Å². The SMILES string of the molecule is O=C1CO[C@@]2(CCCN(Cc3ccnc(N4CCCCC4)n3)CC2)CN1c1ccc(F)cc1. The number of hydrogen-bond acceptors (Lipinski definition) is 6. The molecule has 0 saturated carbocycles. The van der Waals surface area contributed by atoms with Crippen molar-refractivity contribution >= 4 is 17.5 Å². The molecule has 3 aliphatic heterocycles. The molecule has 0 aliphatic carbocycles. The zero-order valence-corrected chi connectivity index (χ0v) is 19.1. The number of hydrogen-bond donors (Lipinski definition) is 0. The van der Waals surface area contributed by atoms with Crippen molar-refractivity contribution in [3.8, 4) is 0 Å². The van der Waals surface area contributed by atoms with E-state index in [1.54, 1.807) is 17.0 Å². The number of nitrogens with zero attached hydrogens (tertiary/aromatic N) is 5. The second-order valence-corrected chi connectivity index (χ2v) is 9.45. The van der Waals surface area contributed by atoms with E-state index in [9.17, 15) is 9.18 Å². The van der Waals surface area contributed by atoms with Gasteiger partial charge in [-0.15, -0.1) is 0 Å². The smallest absolute Gasteiger partial charge is 0.253 e. The molecular formula is C25H32FN5O2. The summed E-state index contributed by atoms with van der Waals surface area (Å²) >= 11 is 0. The first-order valence-electron chi connectivity index (χ1n) is 12.1. The number of rotatable bonds is 4. The van der Waals surface area contributed by atoms with Gasteiger partial charge in [0.05, 0.1) is 17.8 Å². The number of halogens is 1. The minimum atomic E-state index is -0.359. The highest BCUT2D eigenvalue weighted by atomic mass is 19.1. The van der Waals surface area contributed by atoms with Gasteiger partial charge in [-0.3, -0.25) is 9.69 Å². The van der Waals surface area contributed by atoms with Gasteiger partial charge in [-0.05, 0) is 75.4 Å². The Morgan fingerprint density at radius 2 is 1.79 bits per heavy atom. The van der Waals surface area contributed by atoms with Gasteiger partial charge in [0.25, 0.3) is 5.91 Å². The van der Waals surface area contributed by atoms with Crippen molar-refractivity contribution in [3.05, 3.63) is 48.0 Å². The van der Waals surface area contributed by atoms with Gasteiger partial charge < -0.3 is 14.5 Å². The number of carbonyl (C=O) groups excluding carboxylic acids is 1. The topological polar surface area (TPSA) is 61.8 Å². The summed E-state index contributed by atoms with van der Waals surface area (Å²) in [6.45, 7) is 5.31.